The Morgan fingerprint density at radius 2 is 1.81 bits per heavy atom. The highest BCUT2D eigenvalue weighted by Gasteiger charge is 2.23. The standard InChI is InChI=1S/C24H26N6O2/c25-22-21(24(32)28-19-7-2-1-3-8-19)29-20(14-27-22)18-6-4-5-16(13-18)15-30-11-9-17(10-12-30)23(26)31/h1-8,13-14,17H,9-12,15H2,(H2,25,27)(H2,26,31)(H,28,32). The second-order valence-corrected chi connectivity index (χ2v) is 7.96. The number of para-hydroxylation sites is 1. The van der Waals surface area contributed by atoms with Crippen LogP contribution < -0.4 is 16.8 Å². The van der Waals surface area contributed by atoms with Crippen LogP contribution in [0.2, 0.25) is 0 Å². The van der Waals surface area contributed by atoms with Crippen molar-refractivity contribution in [3.8, 4) is 11.3 Å². The SMILES string of the molecule is NC(=O)C1CCN(Cc2cccc(-c3cnc(N)c(C(=O)Nc4ccccc4)n3)c2)CC1. The Hall–Kier alpha value is -3.78. The fraction of sp³-hybridized carbons (Fsp3) is 0.250. The Kier molecular flexibility index (Phi) is 6.42. The van der Waals surface area contributed by atoms with Crippen molar-refractivity contribution in [1.82, 2.24) is 14.9 Å². The summed E-state index contributed by atoms with van der Waals surface area (Å²) in [5.41, 5.74) is 14.7. The van der Waals surface area contributed by atoms with Crippen LogP contribution in [-0.2, 0) is 11.3 Å². The Balaban J connectivity index is 1.49. The number of carbonyl (C=O) groups is 2. The van der Waals surface area contributed by atoms with Crippen molar-refractivity contribution in [3.05, 3.63) is 72.1 Å². The number of carbonyl (C=O) groups excluding carboxylic acids is 2. The van der Waals surface area contributed by atoms with Gasteiger partial charge in [0.25, 0.3) is 5.91 Å². The summed E-state index contributed by atoms with van der Waals surface area (Å²) in [6.45, 7) is 2.44. The van der Waals surface area contributed by atoms with E-state index in [1.165, 1.54) is 0 Å². The van der Waals surface area contributed by atoms with E-state index in [9.17, 15) is 9.59 Å². The highest BCUT2D eigenvalue weighted by Crippen LogP contribution is 2.23. The van der Waals surface area contributed by atoms with Crippen molar-refractivity contribution in [2.45, 2.75) is 19.4 Å². The highest BCUT2D eigenvalue weighted by atomic mass is 16.2. The summed E-state index contributed by atoms with van der Waals surface area (Å²) in [6.07, 6.45) is 3.16. The smallest absolute Gasteiger partial charge is 0.278 e. The van der Waals surface area contributed by atoms with E-state index in [-0.39, 0.29) is 23.3 Å². The van der Waals surface area contributed by atoms with Crippen molar-refractivity contribution in [2.75, 3.05) is 24.1 Å². The third kappa shape index (κ3) is 5.09. The zero-order valence-corrected chi connectivity index (χ0v) is 17.7. The van der Waals surface area contributed by atoms with Crippen LogP contribution >= 0.6 is 0 Å². The molecule has 4 rings (SSSR count). The summed E-state index contributed by atoms with van der Waals surface area (Å²) in [4.78, 5) is 35.1. The molecule has 1 saturated heterocycles. The molecule has 0 saturated carbocycles. The predicted molar refractivity (Wildman–Crippen MR) is 123 cm³/mol. The maximum absolute atomic E-state index is 12.7. The van der Waals surface area contributed by atoms with Crippen LogP contribution in [0.5, 0.6) is 0 Å². The maximum atomic E-state index is 12.7. The summed E-state index contributed by atoms with van der Waals surface area (Å²) in [5.74, 6) is -0.559. The van der Waals surface area contributed by atoms with Gasteiger partial charge in [0.1, 0.15) is 0 Å². The van der Waals surface area contributed by atoms with E-state index in [1.807, 2.05) is 36.4 Å². The van der Waals surface area contributed by atoms with Gasteiger partial charge in [0.2, 0.25) is 5.91 Å². The Labute approximate surface area is 186 Å². The van der Waals surface area contributed by atoms with E-state index < -0.39 is 5.91 Å². The highest BCUT2D eigenvalue weighted by molar-refractivity contribution is 6.05. The number of benzene rings is 2. The van der Waals surface area contributed by atoms with Crippen molar-refractivity contribution in [1.29, 1.82) is 0 Å². The number of nitrogens with one attached hydrogen (secondary N) is 1. The lowest BCUT2D eigenvalue weighted by Crippen LogP contribution is -2.38. The summed E-state index contributed by atoms with van der Waals surface area (Å²) in [6, 6.07) is 17.1. The molecule has 0 spiro atoms. The topological polar surface area (TPSA) is 127 Å². The van der Waals surface area contributed by atoms with Crippen molar-refractivity contribution in [3.63, 3.8) is 0 Å². The Morgan fingerprint density at radius 3 is 2.53 bits per heavy atom. The number of hydrogen-bond acceptors (Lipinski definition) is 6. The van der Waals surface area contributed by atoms with Gasteiger partial charge in [-0.25, -0.2) is 9.97 Å². The third-order valence-electron chi connectivity index (χ3n) is 5.67. The van der Waals surface area contributed by atoms with Gasteiger partial charge < -0.3 is 16.8 Å². The molecule has 2 amide bonds. The average molecular weight is 431 g/mol. The molecular formula is C24H26N6O2. The molecule has 0 bridgehead atoms. The number of likely N-dealkylation sites (tertiary alicyclic amines) is 1. The quantitative estimate of drug-likeness (QED) is 0.552. The molecular weight excluding hydrogens is 404 g/mol. The molecule has 8 heteroatoms. The fourth-order valence-electron chi connectivity index (χ4n) is 3.88. The first-order valence-electron chi connectivity index (χ1n) is 10.6. The Morgan fingerprint density at radius 1 is 1.06 bits per heavy atom. The lowest BCUT2D eigenvalue weighted by molar-refractivity contribution is -0.123. The van der Waals surface area contributed by atoms with E-state index in [4.69, 9.17) is 11.5 Å². The Bertz CT molecular complexity index is 1110. The molecule has 1 fully saturated rings. The van der Waals surface area contributed by atoms with Crippen molar-refractivity contribution >= 4 is 23.3 Å². The summed E-state index contributed by atoms with van der Waals surface area (Å²) >= 11 is 0. The monoisotopic (exact) mass is 430 g/mol. The van der Waals surface area contributed by atoms with E-state index in [0.717, 1.165) is 43.6 Å². The first kappa shape index (κ1) is 21.5. The normalized spacial score (nSPS) is 14.8. The number of nitrogens with two attached hydrogens (primary N) is 2. The second kappa shape index (κ2) is 9.57. The minimum Gasteiger partial charge on any atom is -0.382 e. The van der Waals surface area contributed by atoms with Crippen LogP contribution in [0.25, 0.3) is 11.3 Å². The number of amides is 2. The van der Waals surface area contributed by atoms with Gasteiger partial charge >= 0.3 is 0 Å². The number of nitrogens with zero attached hydrogens (tertiary/aromatic N) is 3. The molecule has 1 aliphatic rings. The van der Waals surface area contributed by atoms with Gasteiger partial charge in [0.05, 0.1) is 11.9 Å². The molecule has 1 aromatic heterocycles. The molecule has 0 aliphatic carbocycles. The molecule has 0 radical (unpaired) electrons. The molecule has 2 aromatic carbocycles. The molecule has 3 aromatic rings. The second-order valence-electron chi connectivity index (χ2n) is 7.96. The molecule has 1 aliphatic heterocycles. The van der Waals surface area contributed by atoms with Gasteiger partial charge in [0, 0.05) is 23.7 Å². The first-order chi connectivity index (χ1) is 15.5. The zero-order chi connectivity index (χ0) is 22.5. The van der Waals surface area contributed by atoms with E-state index >= 15 is 0 Å². The first-order valence-corrected chi connectivity index (χ1v) is 10.6. The van der Waals surface area contributed by atoms with Crippen LogP contribution in [0.15, 0.2) is 60.8 Å². The van der Waals surface area contributed by atoms with Crippen LogP contribution in [0, 0.1) is 5.92 Å². The maximum Gasteiger partial charge on any atom is 0.278 e. The number of hydrogen-bond donors (Lipinski definition) is 3. The molecule has 2 heterocycles. The van der Waals surface area contributed by atoms with E-state index in [2.05, 4.69) is 26.3 Å². The number of primary amides is 1. The van der Waals surface area contributed by atoms with Gasteiger partial charge in [-0.05, 0) is 49.7 Å². The van der Waals surface area contributed by atoms with E-state index in [1.54, 1.807) is 18.3 Å². The molecule has 5 N–H and O–H groups in total. The lowest BCUT2D eigenvalue weighted by Gasteiger charge is -2.30. The number of anilines is 2. The number of nitrogen functional groups attached to an aromatic ring is 1. The minimum atomic E-state index is -0.406. The van der Waals surface area contributed by atoms with Crippen molar-refractivity contribution < 1.29 is 9.59 Å². The molecule has 8 nitrogen and oxygen atoms in total. The van der Waals surface area contributed by atoms with Gasteiger partial charge in [-0.1, -0.05) is 36.4 Å². The molecule has 0 atom stereocenters. The zero-order valence-electron chi connectivity index (χ0n) is 17.7. The number of piperidine rings is 1. The lowest BCUT2D eigenvalue weighted by atomic mass is 9.96. The van der Waals surface area contributed by atoms with Crippen LogP contribution in [-0.4, -0.2) is 39.8 Å². The third-order valence-corrected chi connectivity index (χ3v) is 5.67. The summed E-state index contributed by atoms with van der Waals surface area (Å²) in [5, 5.41) is 2.79. The van der Waals surface area contributed by atoms with Gasteiger partial charge in [-0.15, -0.1) is 0 Å². The van der Waals surface area contributed by atoms with E-state index in [0.29, 0.717) is 11.4 Å². The largest absolute Gasteiger partial charge is 0.382 e. The summed E-state index contributed by atoms with van der Waals surface area (Å²) in [7, 11) is 0. The molecule has 164 valence electrons. The minimum absolute atomic E-state index is 0.0249. The van der Waals surface area contributed by atoms with Crippen molar-refractivity contribution in [2.24, 2.45) is 11.7 Å². The molecule has 32 heavy (non-hydrogen) atoms. The fourth-order valence-corrected chi connectivity index (χ4v) is 3.88. The van der Waals surface area contributed by atoms with Gasteiger partial charge in [-0.3, -0.25) is 14.5 Å². The molecule has 0 unspecified atom stereocenters. The average Bonchev–Trinajstić information content (AvgIpc) is 2.80. The summed E-state index contributed by atoms with van der Waals surface area (Å²) < 4.78 is 0. The van der Waals surface area contributed by atoms with Gasteiger partial charge in [-0.2, -0.15) is 0 Å². The number of rotatable bonds is 6. The number of aromatic nitrogens is 2. The van der Waals surface area contributed by atoms with Crippen LogP contribution in [0.4, 0.5) is 11.5 Å². The van der Waals surface area contributed by atoms with Crippen LogP contribution in [0.1, 0.15) is 28.9 Å². The van der Waals surface area contributed by atoms with Gasteiger partial charge in [0.15, 0.2) is 11.5 Å². The van der Waals surface area contributed by atoms with Crippen LogP contribution in [0.3, 0.4) is 0 Å². The predicted octanol–water partition coefficient (Wildman–Crippen LogP) is 2.68.